The molecule has 0 saturated carbocycles. The van der Waals surface area contributed by atoms with Crippen molar-refractivity contribution in [3.05, 3.63) is 48.0 Å². The molecule has 1 unspecified atom stereocenters. The van der Waals surface area contributed by atoms with Crippen LogP contribution < -0.4 is 0 Å². The Balaban J connectivity index is 2.11. The molecule has 0 fully saturated rings. The normalized spacial score (nSPS) is 19.8. The Morgan fingerprint density at radius 1 is 1.18 bits per heavy atom. The van der Waals surface area contributed by atoms with E-state index in [0.29, 0.717) is 5.75 Å². The summed E-state index contributed by atoms with van der Waals surface area (Å²) in [6.45, 7) is 0. The van der Waals surface area contributed by atoms with Gasteiger partial charge in [-0.25, -0.2) is 0 Å². The summed E-state index contributed by atoms with van der Waals surface area (Å²) in [6, 6.07) is 14.3. The van der Waals surface area contributed by atoms with E-state index in [1.54, 1.807) is 0 Å². The van der Waals surface area contributed by atoms with Crippen LogP contribution in [0, 0.1) is 0 Å². The van der Waals surface area contributed by atoms with Crippen LogP contribution in [0.25, 0.3) is 10.8 Å². The Hall–Kier alpha value is -1.52. The van der Waals surface area contributed by atoms with Crippen molar-refractivity contribution < 1.29 is 9.94 Å². The third kappa shape index (κ3) is 2.01. The molecule has 1 N–H and O–H groups in total. The lowest BCUT2D eigenvalue weighted by Crippen LogP contribution is -2.19. The largest absolute Gasteiger partial charge is 0.362 e. The zero-order valence-electron chi connectivity index (χ0n) is 9.04. The summed E-state index contributed by atoms with van der Waals surface area (Å²) in [6.07, 6.45) is -0.793. The van der Waals surface area contributed by atoms with Gasteiger partial charge in [-0.05, 0) is 10.8 Å². The maximum Gasteiger partial charge on any atom is 0.233 e. The molecule has 2 aromatic carbocycles. The molecule has 2 aromatic rings. The first-order valence-electron chi connectivity index (χ1n) is 5.37. The van der Waals surface area contributed by atoms with E-state index in [2.05, 4.69) is 23.4 Å². The Morgan fingerprint density at radius 3 is 2.82 bits per heavy atom. The molecule has 1 aliphatic heterocycles. The van der Waals surface area contributed by atoms with Crippen molar-refractivity contribution in [1.82, 2.24) is 0 Å². The van der Waals surface area contributed by atoms with Crippen molar-refractivity contribution in [3.63, 3.8) is 0 Å². The second kappa shape index (κ2) is 4.39. The molecular formula is C13H11NO2S. The summed E-state index contributed by atoms with van der Waals surface area (Å²) in [4.78, 5) is 4.92. The van der Waals surface area contributed by atoms with Gasteiger partial charge in [-0.15, -0.1) is 0 Å². The van der Waals surface area contributed by atoms with Gasteiger partial charge < -0.3 is 9.94 Å². The monoisotopic (exact) mass is 245 g/mol. The number of aliphatic hydroxyl groups excluding tert-OH is 1. The maximum absolute atomic E-state index is 9.24. The number of benzene rings is 2. The van der Waals surface area contributed by atoms with Gasteiger partial charge in [0.2, 0.25) is 6.29 Å². The molecule has 0 aliphatic carbocycles. The molecule has 1 aliphatic rings. The average molecular weight is 245 g/mol. The van der Waals surface area contributed by atoms with Crippen LogP contribution in [0.4, 0.5) is 0 Å². The lowest BCUT2D eigenvalue weighted by atomic mass is 10.1. The minimum atomic E-state index is -0.793. The van der Waals surface area contributed by atoms with Crippen LogP contribution in [0.1, 0.15) is 5.56 Å². The number of hydrogen-bond acceptors (Lipinski definition) is 4. The fraction of sp³-hybridized carbons (Fsp3) is 0.154. The Labute approximate surface area is 103 Å². The van der Waals surface area contributed by atoms with Crippen LogP contribution in [0.2, 0.25) is 0 Å². The number of fused-ring (bicyclic) bond motifs is 1. The SMILES string of the molecule is OC1CSC(c2cccc3ccccc23)=NO1. The number of thioether (sulfide) groups is 1. The molecule has 0 amide bonds. The summed E-state index contributed by atoms with van der Waals surface area (Å²) < 4.78 is 0. The van der Waals surface area contributed by atoms with E-state index in [0.717, 1.165) is 16.0 Å². The van der Waals surface area contributed by atoms with Gasteiger partial charge in [0.15, 0.2) is 0 Å². The van der Waals surface area contributed by atoms with E-state index in [4.69, 9.17) is 4.84 Å². The van der Waals surface area contributed by atoms with Crippen LogP contribution in [0.5, 0.6) is 0 Å². The summed E-state index contributed by atoms with van der Waals surface area (Å²) in [5.41, 5.74) is 1.06. The molecule has 0 aromatic heterocycles. The second-order valence-electron chi connectivity index (χ2n) is 3.79. The van der Waals surface area contributed by atoms with Crippen molar-refractivity contribution in [3.8, 4) is 0 Å². The van der Waals surface area contributed by atoms with E-state index >= 15 is 0 Å². The van der Waals surface area contributed by atoms with E-state index in [9.17, 15) is 5.11 Å². The topological polar surface area (TPSA) is 41.8 Å². The second-order valence-corrected chi connectivity index (χ2v) is 4.80. The minimum absolute atomic E-state index is 0.516. The molecule has 4 heteroatoms. The zero-order chi connectivity index (χ0) is 11.7. The fourth-order valence-corrected chi connectivity index (χ4v) is 2.65. The van der Waals surface area contributed by atoms with E-state index in [-0.39, 0.29) is 0 Å². The minimum Gasteiger partial charge on any atom is -0.362 e. The van der Waals surface area contributed by atoms with Gasteiger partial charge in [-0.1, -0.05) is 59.4 Å². The van der Waals surface area contributed by atoms with Gasteiger partial charge in [0.05, 0.1) is 5.75 Å². The van der Waals surface area contributed by atoms with E-state index < -0.39 is 6.29 Å². The van der Waals surface area contributed by atoms with Crippen LogP contribution in [0.3, 0.4) is 0 Å². The quantitative estimate of drug-likeness (QED) is 0.839. The predicted molar refractivity (Wildman–Crippen MR) is 70.0 cm³/mol. The first-order valence-corrected chi connectivity index (χ1v) is 6.36. The Morgan fingerprint density at radius 2 is 2.00 bits per heavy atom. The van der Waals surface area contributed by atoms with Crippen LogP contribution in [-0.4, -0.2) is 22.2 Å². The van der Waals surface area contributed by atoms with Gasteiger partial charge in [0.1, 0.15) is 5.04 Å². The van der Waals surface area contributed by atoms with E-state index in [1.165, 1.54) is 17.1 Å². The highest BCUT2D eigenvalue weighted by atomic mass is 32.2. The number of oxime groups is 1. The summed E-state index contributed by atoms with van der Waals surface area (Å²) in [5, 5.41) is 16.4. The van der Waals surface area contributed by atoms with Gasteiger partial charge >= 0.3 is 0 Å². The summed E-state index contributed by atoms with van der Waals surface area (Å²) in [7, 11) is 0. The molecule has 86 valence electrons. The van der Waals surface area contributed by atoms with Crippen molar-refractivity contribution in [2.24, 2.45) is 5.16 Å². The van der Waals surface area contributed by atoms with Gasteiger partial charge in [-0.2, -0.15) is 0 Å². The van der Waals surface area contributed by atoms with Crippen molar-refractivity contribution in [2.45, 2.75) is 6.29 Å². The highest BCUT2D eigenvalue weighted by Crippen LogP contribution is 2.26. The van der Waals surface area contributed by atoms with Crippen LogP contribution in [-0.2, 0) is 4.84 Å². The molecule has 1 heterocycles. The summed E-state index contributed by atoms with van der Waals surface area (Å²) in [5.74, 6) is 0.516. The first-order chi connectivity index (χ1) is 8.34. The predicted octanol–water partition coefficient (Wildman–Crippen LogP) is 2.58. The standard InChI is InChI=1S/C13H11NO2S/c15-12-8-17-13(14-16-12)11-7-3-5-9-4-1-2-6-10(9)11/h1-7,12,15H,8H2. The molecule has 17 heavy (non-hydrogen) atoms. The highest BCUT2D eigenvalue weighted by molar-refractivity contribution is 8.14. The lowest BCUT2D eigenvalue weighted by molar-refractivity contribution is -0.0813. The smallest absolute Gasteiger partial charge is 0.233 e. The van der Waals surface area contributed by atoms with Crippen molar-refractivity contribution in [2.75, 3.05) is 5.75 Å². The van der Waals surface area contributed by atoms with Gasteiger partial charge in [0.25, 0.3) is 0 Å². The number of hydrogen-bond donors (Lipinski definition) is 1. The molecule has 1 atom stereocenters. The number of nitrogens with zero attached hydrogens (tertiary/aromatic N) is 1. The van der Waals surface area contributed by atoms with Crippen molar-refractivity contribution in [1.29, 1.82) is 0 Å². The number of rotatable bonds is 1. The molecule has 0 spiro atoms. The van der Waals surface area contributed by atoms with Crippen LogP contribution in [0.15, 0.2) is 47.6 Å². The lowest BCUT2D eigenvalue weighted by Gasteiger charge is -2.17. The van der Waals surface area contributed by atoms with Gasteiger partial charge in [0, 0.05) is 5.56 Å². The molecule has 0 radical (unpaired) electrons. The summed E-state index contributed by atoms with van der Waals surface area (Å²) >= 11 is 1.51. The third-order valence-corrected chi connectivity index (χ3v) is 3.66. The Bertz CT molecular complexity index is 577. The molecule has 3 rings (SSSR count). The highest BCUT2D eigenvalue weighted by Gasteiger charge is 2.17. The molecular weight excluding hydrogens is 234 g/mol. The van der Waals surface area contributed by atoms with E-state index in [1.807, 2.05) is 24.3 Å². The first kappa shape index (κ1) is 10.6. The molecule has 3 nitrogen and oxygen atoms in total. The fourth-order valence-electron chi connectivity index (χ4n) is 1.85. The molecule has 0 bridgehead atoms. The average Bonchev–Trinajstić information content (AvgIpc) is 2.39. The molecule has 0 saturated heterocycles. The number of aliphatic hydroxyl groups is 1. The van der Waals surface area contributed by atoms with Gasteiger partial charge in [-0.3, -0.25) is 0 Å². The maximum atomic E-state index is 9.24. The third-order valence-electron chi connectivity index (χ3n) is 2.64. The van der Waals surface area contributed by atoms with Crippen molar-refractivity contribution >= 4 is 27.6 Å². The Kier molecular flexibility index (Phi) is 2.74. The van der Waals surface area contributed by atoms with Crippen LogP contribution >= 0.6 is 11.8 Å². The zero-order valence-corrected chi connectivity index (χ0v) is 9.85.